The van der Waals surface area contributed by atoms with Crippen molar-refractivity contribution in [2.75, 3.05) is 7.11 Å². The van der Waals surface area contributed by atoms with E-state index < -0.39 is 6.10 Å². The van der Waals surface area contributed by atoms with E-state index in [4.69, 9.17) is 14.2 Å². The summed E-state index contributed by atoms with van der Waals surface area (Å²) < 4.78 is 16.5. The number of hydrogen-bond donors (Lipinski definition) is 1. The fourth-order valence-corrected chi connectivity index (χ4v) is 8.84. The van der Waals surface area contributed by atoms with Crippen LogP contribution in [0.2, 0.25) is 0 Å². The largest absolute Gasteiger partial charge is 0.469 e. The number of carbonyl (C=O) groups is 3. The summed E-state index contributed by atoms with van der Waals surface area (Å²) in [6.45, 7) is 9.71. The van der Waals surface area contributed by atoms with E-state index in [1.165, 1.54) is 26.5 Å². The first-order chi connectivity index (χ1) is 16.9. The highest BCUT2D eigenvalue weighted by Gasteiger charge is 2.64. The molecule has 202 valence electrons. The Bertz CT molecular complexity index is 911. The first-order valence-electron chi connectivity index (χ1n) is 13.7. The fourth-order valence-electron chi connectivity index (χ4n) is 8.84. The molecule has 4 aliphatic rings. The second-order valence-corrected chi connectivity index (χ2v) is 12.4. The van der Waals surface area contributed by atoms with Gasteiger partial charge in [0, 0.05) is 32.1 Å². The van der Waals surface area contributed by atoms with Crippen molar-refractivity contribution in [2.45, 2.75) is 104 Å². The van der Waals surface area contributed by atoms with Gasteiger partial charge in [0.25, 0.3) is 0 Å². The number of hydrogen-bond acceptors (Lipinski definition) is 7. The summed E-state index contributed by atoms with van der Waals surface area (Å²) in [5.41, 5.74) is 1.08. The van der Waals surface area contributed by atoms with Crippen LogP contribution in [0.25, 0.3) is 0 Å². The molecule has 0 spiro atoms. The number of rotatable bonds is 6. The van der Waals surface area contributed by atoms with Crippen molar-refractivity contribution in [3.63, 3.8) is 0 Å². The van der Waals surface area contributed by atoms with E-state index in [2.05, 4.69) is 20.8 Å². The second kappa shape index (κ2) is 10.1. The zero-order chi connectivity index (χ0) is 26.4. The molecule has 0 aromatic rings. The quantitative estimate of drug-likeness (QED) is 0.321. The van der Waals surface area contributed by atoms with E-state index in [1.54, 1.807) is 0 Å². The third-order valence-electron chi connectivity index (χ3n) is 10.4. The van der Waals surface area contributed by atoms with Gasteiger partial charge in [-0.05, 0) is 73.5 Å². The number of methoxy groups -OCH3 is 1. The minimum Gasteiger partial charge on any atom is -0.469 e. The summed E-state index contributed by atoms with van der Waals surface area (Å²) in [4.78, 5) is 35.6. The third-order valence-corrected chi connectivity index (χ3v) is 10.4. The molecule has 10 atom stereocenters. The highest BCUT2D eigenvalue weighted by molar-refractivity contribution is 5.69. The lowest BCUT2D eigenvalue weighted by molar-refractivity contribution is -0.200. The molecule has 0 radical (unpaired) electrons. The van der Waals surface area contributed by atoms with Gasteiger partial charge in [-0.15, -0.1) is 0 Å². The smallest absolute Gasteiger partial charge is 0.305 e. The summed E-state index contributed by atoms with van der Waals surface area (Å²) in [5.74, 6) is 0.0852. The number of ether oxygens (including phenoxy) is 3. The van der Waals surface area contributed by atoms with E-state index in [-0.39, 0.29) is 58.7 Å². The van der Waals surface area contributed by atoms with Crippen LogP contribution in [0, 0.1) is 40.4 Å². The Balaban J connectivity index is 1.62. The molecule has 3 fully saturated rings. The van der Waals surface area contributed by atoms with Crippen LogP contribution in [0.3, 0.4) is 0 Å². The average Bonchev–Trinajstić information content (AvgIpc) is 3.08. The molecular formula is C29H44O7. The Morgan fingerprint density at radius 2 is 1.78 bits per heavy atom. The summed E-state index contributed by atoms with van der Waals surface area (Å²) in [5, 5.41) is 11.5. The molecule has 3 saturated carbocycles. The first-order valence-corrected chi connectivity index (χ1v) is 13.7. The molecule has 0 amide bonds. The van der Waals surface area contributed by atoms with Gasteiger partial charge in [0.2, 0.25) is 0 Å². The van der Waals surface area contributed by atoms with Crippen LogP contribution in [0.1, 0.15) is 86.0 Å². The lowest BCUT2D eigenvalue weighted by Gasteiger charge is -2.62. The van der Waals surface area contributed by atoms with Gasteiger partial charge in [0.15, 0.2) is 0 Å². The zero-order valence-electron chi connectivity index (χ0n) is 22.7. The van der Waals surface area contributed by atoms with Crippen LogP contribution in [0.5, 0.6) is 0 Å². The minimum atomic E-state index is -0.603. The van der Waals surface area contributed by atoms with Crippen LogP contribution in [0.15, 0.2) is 11.6 Å². The van der Waals surface area contributed by atoms with E-state index in [0.29, 0.717) is 24.7 Å². The van der Waals surface area contributed by atoms with Crippen LogP contribution in [0.4, 0.5) is 0 Å². The Labute approximate surface area is 215 Å². The summed E-state index contributed by atoms with van der Waals surface area (Å²) in [7, 11) is 1.41. The predicted molar refractivity (Wildman–Crippen MR) is 133 cm³/mol. The minimum absolute atomic E-state index is 0.0276. The molecule has 0 aromatic carbocycles. The lowest BCUT2D eigenvalue weighted by Crippen LogP contribution is -2.60. The molecule has 1 N–H and O–H groups in total. The lowest BCUT2D eigenvalue weighted by atomic mass is 9.43. The van der Waals surface area contributed by atoms with Crippen LogP contribution in [-0.2, 0) is 28.6 Å². The number of esters is 3. The monoisotopic (exact) mass is 504 g/mol. The molecule has 4 rings (SSSR count). The average molecular weight is 505 g/mol. The summed E-state index contributed by atoms with van der Waals surface area (Å²) in [6.07, 6.45) is 7.47. The Kier molecular flexibility index (Phi) is 7.63. The van der Waals surface area contributed by atoms with Crippen LogP contribution >= 0.6 is 0 Å². The highest BCUT2D eigenvalue weighted by atomic mass is 16.5. The maximum absolute atomic E-state index is 12.2. The van der Waals surface area contributed by atoms with Gasteiger partial charge in [0.1, 0.15) is 12.2 Å². The molecule has 5 unspecified atom stereocenters. The van der Waals surface area contributed by atoms with Gasteiger partial charge in [0.05, 0.1) is 13.2 Å². The molecule has 0 heterocycles. The van der Waals surface area contributed by atoms with E-state index in [1.807, 2.05) is 6.08 Å². The summed E-state index contributed by atoms with van der Waals surface area (Å²) in [6, 6.07) is 0. The van der Waals surface area contributed by atoms with Crippen molar-refractivity contribution >= 4 is 17.9 Å². The SMILES string of the molecule is COC(=O)CC[C@@H](C)C1=C[C@H](O)[C@H]2C3C(CCC12C)C1(C)CC[C@@H](OC(C)=O)CC1C[C@H]3OC(C)=O. The number of allylic oxidation sites excluding steroid dienone is 1. The van der Waals surface area contributed by atoms with Gasteiger partial charge in [-0.1, -0.05) is 32.4 Å². The Morgan fingerprint density at radius 3 is 2.42 bits per heavy atom. The van der Waals surface area contributed by atoms with E-state index in [0.717, 1.165) is 38.5 Å². The topological polar surface area (TPSA) is 99.1 Å². The zero-order valence-corrected chi connectivity index (χ0v) is 22.7. The molecule has 4 aliphatic carbocycles. The van der Waals surface area contributed by atoms with Crippen molar-refractivity contribution in [1.29, 1.82) is 0 Å². The number of aliphatic hydroxyl groups is 1. The van der Waals surface area contributed by atoms with Crippen molar-refractivity contribution < 1.29 is 33.7 Å². The Morgan fingerprint density at radius 1 is 1.08 bits per heavy atom. The van der Waals surface area contributed by atoms with Crippen molar-refractivity contribution in [2.24, 2.45) is 40.4 Å². The van der Waals surface area contributed by atoms with Gasteiger partial charge in [-0.25, -0.2) is 0 Å². The number of aliphatic hydroxyl groups excluding tert-OH is 1. The van der Waals surface area contributed by atoms with Crippen LogP contribution in [-0.4, -0.2) is 48.4 Å². The molecular weight excluding hydrogens is 460 g/mol. The standard InChI is InChI=1S/C29H44O7/c1-16(7-8-25(33)34-6)22-15-23(32)27-26-21(10-12-29(22,27)5)28(4)11-9-20(35-17(2)30)13-19(28)14-24(26)36-18(3)31/h15-16,19-21,23-24,26-27,32H,7-14H2,1-6H3/t16-,19?,20-,21?,23+,24-,26?,27+,28?,29?/m1/s1. The van der Waals surface area contributed by atoms with Crippen molar-refractivity contribution in [1.82, 2.24) is 0 Å². The maximum Gasteiger partial charge on any atom is 0.305 e. The predicted octanol–water partition coefficient (Wildman–Crippen LogP) is 4.60. The third kappa shape index (κ3) is 4.72. The first kappa shape index (κ1) is 27.2. The molecule has 0 aliphatic heterocycles. The number of fused-ring (bicyclic) bond motifs is 5. The molecule has 7 nitrogen and oxygen atoms in total. The van der Waals surface area contributed by atoms with E-state index in [9.17, 15) is 19.5 Å². The van der Waals surface area contributed by atoms with Gasteiger partial charge in [-0.3, -0.25) is 14.4 Å². The van der Waals surface area contributed by atoms with Gasteiger partial charge in [-0.2, -0.15) is 0 Å². The molecule has 0 saturated heterocycles. The Hall–Kier alpha value is -1.89. The van der Waals surface area contributed by atoms with Crippen LogP contribution < -0.4 is 0 Å². The van der Waals surface area contributed by atoms with Gasteiger partial charge < -0.3 is 19.3 Å². The molecule has 0 aromatic heterocycles. The van der Waals surface area contributed by atoms with E-state index >= 15 is 0 Å². The molecule has 36 heavy (non-hydrogen) atoms. The highest BCUT2D eigenvalue weighted by Crippen LogP contribution is 2.67. The normalized spacial score (nSPS) is 42.2. The fraction of sp³-hybridized carbons (Fsp3) is 0.828. The maximum atomic E-state index is 12.2. The van der Waals surface area contributed by atoms with Gasteiger partial charge >= 0.3 is 17.9 Å². The second-order valence-electron chi connectivity index (χ2n) is 12.4. The molecule has 0 bridgehead atoms. The summed E-state index contributed by atoms with van der Waals surface area (Å²) >= 11 is 0. The molecule has 7 heteroatoms. The number of carbonyl (C=O) groups excluding carboxylic acids is 3. The van der Waals surface area contributed by atoms with Crippen molar-refractivity contribution in [3.05, 3.63) is 11.6 Å². The van der Waals surface area contributed by atoms with Crippen molar-refractivity contribution in [3.8, 4) is 0 Å².